The lowest BCUT2D eigenvalue weighted by atomic mass is 9.97. The molecule has 1 aliphatic heterocycles. The molecule has 5 rings (SSSR count). The lowest BCUT2D eigenvalue weighted by Crippen LogP contribution is -2.27. The largest absolute Gasteiger partial charge is 0.432 e. The third-order valence-electron chi connectivity index (χ3n) is 7.83. The molecule has 1 aliphatic rings. The summed E-state index contributed by atoms with van der Waals surface area (Å²) in [6.07, 6.45) is -0.0352. The van der Waals surface area contributed by atoms with Crippen LogP contribution in [0.5, 0.6) is 5.75 Å². The maximum Gasteiger partial charge on any atom is 0.432 e. The van der Waals surface area contributed by atoms with Crippen molar-refractivity contribution in [2.45, 2.75) is 51.4 Å². The van der Waals surface area contributed by atoms with E-state index in [0.29, 0.717) is 30.9 Å². The van der Waals surface area contributed by atoms with E-state index < -0.39 is 75.6 Å². The number of ether oxygens (including phenoxy) is 3. The first-order valence-corrected chi connectivity index (χ1v) is 14.9. The number of unbranched alkanes of at least 4 members (excludes halogenated alkanes) is 3. The number of rotatable bonds is 11. The van der Waals surface area contributed by atoms with Crippen molar-refractivity contribution in [1.82, 2.24) is 0 Å². The summed E-state index contributed by atoms with van der Waals surface area (Å²) in [6.45, 7) is 3.10. The average Bonchev–Trinajstić information content (AvgIpc) is 3.01. The Morgan fingerprint density at radius 2 is 1.23 bits per heavy atom. The molecule has 0 unspecified atom stereocenters. The molecule has 0 spiro atoms. The highest BCUT2D eigenvalue weighted by Gasteiger charge is 2.41. The van der Waals surface area contributed by atoms with Gasteiger partial charge in [0, 0.05) is 34.7 Å². The molecule has 0 radical (unpaired) electrons. The van der Waals surface area contributed by atoms with Crippen LogP contribution in [-0.4, -0.2) is 13.2 Å². The lowest BCUT2D eigenvalue weighted by Gasteiger charge is -2.29. The van der Waals surface area contributed by atoms with E-state index in [2.05, 4.69) is 11.7 Å². The monoisotopic (exact) mass is 668 g/mol. The van der Waals surface area contributed by atoms with Gasteiger partial charge in [-0.2, -0.15) is 8.78 Å². The Kier molecular flexibility index (Phi) is 10.5. The summed E-state index contributed by atoms with van der Waals surface area (Å²) >= 11 is 0. The number of benzene rings is 4. The fraction of sp³-hybridized carbons (Fsp3) is 0.314. The van der Waals surface area contributed by atoms with Gasteiger partial charge in [0.2, 0.25) is 0 Å². The van der Waals surface area contributed by atoms with Crippen LogP contribution < -0.4 is 4.74 Å². The molecule has 1 fully saturated rings. The first kappa shape index (κ1) is 34.3. The number of halogens is 9. The molecule has 0 N–H and O–H groups in total. The summed E-state index contributed by atoms with van der Waals surface area (Å²) in [4.78, 5) is 0. The Morgan fingerprint density at radius 1 is 0.660 bits per heavy atom. The summed E-state index contributed by atoms with van der Waals surface area (Å²) in [5, 5.41) is 0. The van der Waals surface area contributed by atoms with Gasteiger partial charge in [-0.05, 0) is 41.8 Å². The minimum atomic E-state index is -4.81. The molecule has 47 heavy (non-hydrogen) atoms. The second-order valence-electron chi connectivity index (χ2n) is 11.3. The van der Waals surface area contributed by atoms with Gasteiger partial charge in [-0.25, -0.2) is 30.7 Å². The molecule has 3 nitrogen and oxygen atoms in total. The third kappa shape index (κ3) is 7.76. The molecule has 0 saturated carbocycles. The van der Waals surface area contributed by atoms with E-state index in [9.17, 15) is 30.7 Å². The van der Waals surface area contributed by atoms with Crippen LogP contribution in [0.25, 0.3) is 22.3 Å². The van der Waals surface area contributed by atoms with Crippen molar-refractivity contribution < 1.29 is 53.7 Å². The zero-order valence-electron chi connectivity index (χ0n) is 25.0. The Hall–Kier alpha value is -4.03. The van der Waals surface area contributed by atoms with Gasteiger partial charge in [-0.3, -0.25) is 0 Å². The zero-order valence-corrected chi connectivity index (χ0v) is 25.0. The second kappa shape index (κ2) is 14.4. The van der Waals surface area contributed by atoms with Crippen LogP contribution in [0.15, 0.2) is 60.7 Å². The quantitative estimate of drug-likeness (QED) is 0.0905. The molecular weight excluding hydrogens is 639 g/mol. The van der Waals surface area contributed by atoms with Crippen LogP contribution in [0.4, 0.5) is 39.5 Å². The van der Waals surface area contributed by atoms with Gasteiger partial charge in [0.1, 0.15) is 34.6 Å². The van der Waals surface area contributed by atoms with Gasteiger partial charge in [0.15, 0.2) is 23.7 Å². The zero-order chi connectivity index (χ0) is 33.9. The molecule has 1 saturated heterocycles. The molecule has 250 valence electrons. The maximum absolute atomic E-state index is 15.2. The van der Waals surface area contributed by atoms with E-state index in [0.717, 1.165) is 37.8 Å². The molecule has 0 aromatic heterocycles. The number of hydrogen-bond donors (Lipinski definition) is 0. The lowest BCUT2D eigenvalue weighted by molar-refractivity contribution is -0.206. The van der Waals surface area contributed by atoms with E-state index in [1.807, 2.05) is 0 Å². The predicted molar refractivity (Wildman–Crippen MR) is 155 cm³/mol. The molecule has 0 atom stereocenters. The molecule has 0 amide bonds. The normalized spacial score (nSPS) is 16.8. The smallest absolute Gasteiger partial charge is 0.429 e. The van der Waals surface area contributed by atoms with Gasteiger partial charge in [-0.1, -0.05) is 56.9 Å². The molecule has 4 aromatic carbocycles. The second-order valence-corrected chi connectivity index (χ2v) is 11.3. The number of alkyl halides is 2. The van der Waals surface area contributed by atoms with Gasteiger partial charge in [0.05, 0.1) is 13.2 Å². The minimum absolute atomic E-state index is 0.0157. The third-order valence-corrected chi connectivity index (χ3v) is 7.83. The highest BCUT2D eigenvalue weighted by molar-refractivity contribution is 5.72. The molecular formula is C35H29F9O3. The van der Waals surface area contributed by atoms with Gasteiger partial charge >= 0.3 is 6.11 Å². The molecule has 12 heteroatoms. The van der Waals surface area contributed by atoms with E-state index >= 15 is 8.78 Å². The Labute approximate surface area is 264 Å². The van der Waals surface area contributed by atoms with Crippen LogP contribution >= 0.6 is 0 Å². The summed E-state index contributed by atoms with van der Waals surface area (Å²) in [5.74, 6) is -12.1. The fourth-order valence-electron chi connectivity index (χ4n) is 5.39. The standard InChI is InChI=1S/C35H29F9O3/c1-2-3-4-5-6-19-17-45-34(46-18-19)21-8-10-24(27(37)12-21)20-7-9-25(26(36)11-20)22-13-28(38)32(29(39)14-22)35(43,44)47-23-15-30(40)33(42)31(41)16-23/h7-16,19,34H,2-6,17-18H2,1H3. The topological polar surface area (TPSA) is 27.7 Å². The summed E-state index contributed by atoms with van der Waals surface area (Å²) in [7, 11) is 0. The molecule has 0 bridgehead atoms. The maximum atomic E-state index is 15.2. The summed E-state index contributed by atoms with van der Waals surface area (Å²) < 4.78 is 145. The van der Waals surface area contributed by atoms with Crippen LogP contribution in [-0.2, 0) is 15.6 Å². The average molecular weight is 669 g/mol. The van der Waals surface area contributed by atoms with Crippen molar-refractivity contribution in [3.63, 3.8) is 0 Å². The van der Waals surface area contributed by atoms with E-state index in [1.165, 1.54) is 24.6 Å². The molecule has 4 aromatic rings. The Bertz CT molecular complexity index is 1690. The van der Waals surface area contributed by atoms with E-state index in [4.69, 9.17) is 9.47 Å². The minimum Gasteiger partial charge on any atom is -0.429 e. The summed E-state index contributed by atoms with van der Waals surface area (Å²) in [5.41, 5.74) is -2.26. The van der Waals surface area contributed by atoms with Crippen molar-refractivity contribution in [3.05, 3.63) is 113 Å². The highest BCUT2D eigenvalue weighted by atomic mass is 19.3. The van der Waals surface area contributed by atoms with E-state index in [-0.39, 0.29) is 29.2 Å². The van der Waals surface area contributed by atoms with Crippen LogP contribution in [0.2, 0.25) is 0 Å². The predicted octanol–water partition coefficient (Wildman–Crippen LogP) is 10.8. The van der Waals surface area contributed by atoms with Gasteiger partial charge in [0.25, 0.3) is 0 Å². The van der Waals surface area contributed by atoms with Crippen molar-refractivity contribution in [3.8, 4) is 28.0 Å². The Morgan fingerprint density at radius 3 is 1.83 bits per heavy atom. The van der Waals surface area contributed by atoms with Crippen LogP contribution in [0.3, 0.4) is 0 Å². The van der Waals surface area contributed by atoms with Crippen molar-refractivity contribution in [2.75, 3.05) is 13.2 Å². The first-order chi connectivity index (χ1) is 22.4. The molecule has 1 heterocycles. The molecule has 0 aliphatic carbocycles. The Balaban J connectivity index is 1.30. The van der Waals surface area contributed by atoms with E-state index in [1.54, 1.807) is 6.07 Å². The van der Waals surface area contributed by atoms with Crippen molar-refractivity contribution >= 4 is 0 Å². The fourth-order valence-corrected chi connectivity index (χ4v) is 5.39. The summed E-state index contributed by atoms with van der Waals surface area (Å²) in [6, 6.07) is 8.49. The first-order valence-electron chi connectivity index (χ1n) is 14.9. The highest BCUT2D eigenvalue weighted by Crippen LogP contribution is 2.39. The van der Waals surface area contributed by atoms with Gasteiger partial charge < -0.3 is 14.2 Å². The van der Waals surface area contributed by atoms with Crippen LogP contribution in [0, 0.1) is 46.6 Å². The van der Waals surface area contributed by atoms with Gasteiger partial charge in [-0.15, -0.1) is 0 Å². The van der Waals surface area contributed by atoms with Crippen LogP contribution in [0.1, 0.15) is 56.4 Å². The number of hydrogen-bond acceptors (Lipinski definition) is 3. The van der Waals surface area contributed by atoms with Crippen molar-refractivity contribution in [1.29, 1.82) is 0 Å². The van der Waals surface area contributed by atoms with Crippen molar-refractivity contribution in [2.24, 2.45) is 5.92 Å². The SMILES string of the molecule is CCCCCCC1COC(c2ccc(-c3ccc(-c4cc(F)c(C(F)(F)Oc5cc(F)c(F)c(F)c5)c(F)c4)c(F)c3)c(F)c2)OC1.